The molecule has 0 saturated carbocycles. The average Bonchev–Trinajstić information content (AvgIpc) is 2.67. The van der Waals surface area contributed by atoms with Crippen molar-refractivity contribution in [2.24, 2.45) is 0 Å². The summed E-state index contributed by atoms with van der Waals surface area (Å²) in [5.74, 6) is 1.65. The molecular formula is C21H19Cl2NO2. The lowest BCUT2D eigenvalue weighted by molar-refractivity contribution is 0.216. The summed E-state index contributed by atoms with van der Waals surface area (Å²) in [5.41, 5.74) is 1.82. The van der Waals surface area contributed by atoms with Gasteiger partial charge in [-0.25, -0.2) is 0 Å². The fourth-order valence-electron chi connectivity index (χ4n) is 2.44. The van der Waals surface area contributed by atoms with Gasteiger partial charge in [0.2, 0.25) is 0 Å². The third-order valence-corrected chi connectivity index (χ3v) is 4.29. The maximum absolute atomic E-state index is 6.19. The molecule has 0 unspecified atom stereocenters. The summed E-state index contributed by atoms with van der Waals surface area (Å²) in [7, 11) is 0. The Balaban J connectivity index is 1.55. The number of benzene rings is 3. The number of rotatable bonds is 8. The van der Waals surface area contributed by atoms with Crippen molar-refractivity contribution in [2.45, 2.75) is 6.54 Å². The van der Waals surface area contributed by atoms with E-state index in [-0.39, 0.29) is 0 Å². The number of ether oxygens (including phenoxy) is 2. The van der Waals surface area contributed by atoms with Gasteiger partial charge >= 0.3 is 0 Å². The summed E-state index contributed by atoms with van der Waals surface area (Å²) in [6.45, 7) is 1.52. The number of para-hydroxylation sites is 2. The number of nitrogens with one attached hydrogen (secondary N) is 1. The molecule has 134 valence electrons. The van der Waals surface area contributed by atoms with Crippen molar-refractivity contribution in [1.29, 1.82) is 0 Å². The van der Waals surface area contributed by atoms with Crippen molar-refractivity contribution >= 4 is 28.9 Å². The van der Waals surface area contributed by atoms with Crippen molar-refractivity contribution in [3.8, 4) is 11.5 Å². The Bertz CT molecular complexity index is 840. The van der Waals surface area contributed by atoms with E-state index in [1.807, 2.05) is 54.6 Å². The molecule has 0 aromatic heterocycles. The summed E-state index contributed by atoms with van der Waals surface area (Å²) in [6, 6.07) is 22.9. The molecule has 3 aromatic rings. The Morgan fingerprint density at radius 2 is 1.50 bits per heavy atom. The van der Waals surface area contributed by atoms with Gasteiger partial charge in [0.05, 0.1) is 10.7 Å². The van der Waals surface area contributed by atoms with Crippen LogP contribution in [0.4, 0.5) is 5.69 Å². The lowest BCUT2D eigenvalue weighted by Gasteiger charge is -2.14. The molecule has 0 spiro atoms. The second kappa shape index (κ2) is 9.37. The van der Waals surface area contributed by atoms with Crippen molar-refractivity contribution in [2.75, 3.05) is 18.5 Å². The zero-order chi connectivity index (χ0) is 18.2. The van der Waals surface area contributed by atoms with Crippen molar-refractivity contribution in [3.63, 3.8) is 0 Å². The first-order chi connectivity index (χ1) is 12.7. The van der Waals surface area contributed by atoms with E-state index in [4.69, 9.17) is 32.7 Å². The Kier molecular flexibility index (Phi) is 6.64. The quantitative estimate of drug-likeness (QED) is 0.476. The normalized spacial score (nSPS) is 10.4. The summed E-state index contributed by atoms with van der Waals surface area (Å²) in [6.07, 6.45) is 0. The zero-order valence-corrected chi connectivity index (χ0v) is 15.6. The third kappa shape index (κ3) is 5.32. The molecule has 0 aliphatic rings. The van der Waals surface area contributed by atoms with Gasteiger partial charge in [-0.15, -0.1) is 0 Å². The van der Waals surface area contributed by atoms with Crippen LogP contribution in [0.1, 0.15) is 5.56 Å². The summed E-state index contributed by atoms with van der Waals surface area (Å²) < 4.78 is 11.5. The van der Waals surface area contributed by atoms with Crippen LogP contribution in [0.2, 0.25) is 10.0 Å². The fraction of sp³-hybridized carbons (Fsp3) is 0.143. The Morgan fingerprint density at radius 1 is 0.769 bits per heavy atom. The Hall–Kier alpha value is -2.36. The molecule has 3 aromatic carbocycles. The molecule has 0 heterocycles. The second-order valence-electron chi connectivity index (χ2n) is 5.60. The molecule has 5 heteroatoms. The van der Waals surface area contributed by atoms with E-state index in [1.165, 1.54) is 0 Å². The minimum atomic E-state index is 0.462. The van der Waals surface area contributed by atoms with Gasteiger partial charge < -0.3 is 14.8 Å². The second-order valence-corrected chi connectivity index (χ2v) is 6.44. The number of hydrogen-bond acceptors (Lipinski definition) is 3. The van der Waals surface area contributed by atoms with E-state index in [0.29, 0.717) is 29.8 Å². The maximum Gasteiger partial charge on any atom is 0.124 e. The number of anilines is 1. The molecule has 0 saturated heterocycles. The molecule has 0 fully saturated rings. The minimum absolute atomic E-state index is 0.462. The van der Waals surface area contributed by atoms with Gasteiger partial charge in [-0.2, -0.15) is 0 Å². The molecule has 1 N–H and O–H groups in total. The van der Waals surface area contributed by atoms with E-state index >= 15 is 0 Å². The van der Waals surface area contributed by atoms with E-state index in [2.05, 4.69) is 5.32 Å². The number of hydrogen-bond donors (Lipinski definition) is 1. The zero-order valence-electron chi connectivity index (χ0n) is 14.1. The SMILES string of the molecule is Clc1ccc(Cl)c(NCc2ccccc2OCCOc2ccccc2)c1. The van der Waals surface area contributed by atoms with Gasteiger partial charge in [0.1, 0.15) is 24.7 Å². The molecule has 0 bridgehead atoms. The van der Waals surface area contributed by atoms with Crippen molar-refractivity contribution in [3.05, 3.63) is 88.4 Å². The molecule has 3 rings (SSSR count). The van der Waals surface area contributed by atoms with Gasteiger partial charge in [-0.3, -0.25) is 0 Å². The highest BCUT2D eigenvalue weighted by Gasteiger charge is 2.06. The van der Waals surface area contributed by atoms with Crippen LogP contribution in [0, 0.1) is 0 Å². The molecule has 0 amide bonds. The monoisotopic (exact) mass is 387 g/mol. The van der Waals surface area contributed by atoms with Crippen LogP contribution < -0.4 is 14.8 Å². The van der Waals surface area contributed by atoms with E-state index in [1.54, 1.807) is 18.2 Å². The lowest BCUT2D eigenvalue weighted by atomic mass is 10.2. The average molecular weight is 388 g/mol. The molecule has 0 atom stereocenters. The van der Waals surface area contributed by atoms with E-state index in [9.17, 15) is 0 Å². The van der Waals surface area contributed by atoms with Crippen molar-refractivity contribution in [1.82, 2.24) is 0 Å². The lowest BCUT2D eigenvalue weighted by Crippen LogP contribution is -2.11. The smallest absolute Gasteiger partial charge is 0.124 e. The minimum Gasteiger partial charge on any atom is -0.490 e. The molecule has 0 aliphatic carbocycles. The van der Waals surface area contributed by atoms with Crippen LogP contribution in [-0.2, 0) is 6.54 Å². The predicted octanol–water partition coefficient (Wildman–Crippen LogP) is 6.06. The Morgan fingerprint density at radius 3 is 2.35 bits per heavy atom. The van der Waals surface area contributed by atoms with Crippen LogP contribution in [0.15, 0.2) is 72.8 Å². The van der Waals surface area contributed by atoms with Gasteiger partial charge in [0.15, 0.2) is 0 Å². The van der Waals surface area contributed by atoms with Crippen LogP contribution in [-0.4, -0.2) is 13.2 Å². The van der Waals surface area contributed by atoms with Crippen LogP contribution >= 0.6 is 23.2 Å². The highest BCUT2D eigenvalue weighted by molar-refractivity contribution is 6.35. The molecule has 26 heavy (non-hydrogen) atoms. The highest BCUT2D eigenvalue weighted by Crippen LogP contribution is 2.27. The van der Waals surface area contributed by atoms with Gasteiger partial charge in [0, 0.05) is 17.1 Å². The summed E-state index contributed by atoms with van der Waals surface area (Å²) >= 11 is 12.2. The number of halogens is 2. The van der Waals surface area contributed by atoms with Gasteiger partial charge in [0.25, 0.3) is 0 Å². The highest BCUT2D eigenvalue weighted by atomic mass is 35.5. The van der Waals surface area contributed by atoms with Crippen LogP contribution in [0.5, 0.6) is 11.5 Å². The summed E-state index contributed by atoms with van der Waals surface area (Å²) in [4.78, 5) is 0. The first-order valence-electron chi connectivity index (χ1n) is 8.30. The largest absolute Gasteiger partial charge is 0.490 e. The molecule has 3 nitrogen and oxygen atoms in total. The first-order valence-corrected chi connectivity index (χ1v) is 9.05. The van der Waals surface area contributed by atoms with Crippen LogP contribution in [0.3, 0.4) is 0 Å². The Labute approximate surface area is 163 Å². The van der Waals surface area contributed by atoms with Gasteiger partial charge in [-0.05, 0) is 36.4 Å². The molecule has 0 radical (unpaired) electrons. The van der Waals surface area contributed by atoms with Crippen molar-refractivity contribution < 1.29 is 9.47 Å². The molecule has 0 aliphatic heterocycles. The van der Waals surface area contributed by atoms with Crippen LogP contribution in [0.25, 0.3) is 0 Å². The summed E-state index contributed by atoms with van der Waals surface area (Å²) in [5, 5.41) is 4.57. The predicted molar refractivity (Wildman–Crippen MR) is 108 cm³/mol. The topological polar surface area (TPSA) is 30.5 Å². The van der Waals surface area contributed by atoms with E-state index < -0.39 is 0 Å². The maximum atomic E-state index is 6.19. The van der Waals surface area contributed by atoms with Gasteiger partial charge in [-0.1, -0.05) is 59.6 Å². The van der Waals surface area contributed by atoms with E-state index in [0.717, 1.165) is 22.7 Å². The third-order valence-electron chi connectivity index (χ3n) is 3.72. The first kappa shape index (κ1) is 18.4. The fourth-order valence-corrected chi connectivity index (χ4v) is 2.80. The standard InChI is InChI=1S/C21H19Cl2NO2/c22-17-10-11-19(23)20(14-17)24-15-16-6-4-5-9-21(16)26-13-12-25-18-7-2-1-3-8-18/h1-11,14,24H,12-13,15H2. The molecular weight excluding hydrogens is 369 g/mol.